The van der Waals surface area contributed by atoms with Crippen molar-refractivity contribution in [3.8, 4) is 5.75 Å². The molecule has 0 radical (unpaired) electrons. The lowest BCUT2D eigenvalue weighted by Gasteiger charge is -2.14. The first-order valence-electron chi connectivity index (χ1n) is 10.0. The molecular formula is C23H22N2O5S2. The number of benzene rings is 2. The summed E-state index contributed by atoms with van der Waals surface area (Å²) in [6.07, 6.45) is 4.18. The standard InChI is InChI=1S/C23H22N2O5S2/c26-18-6-4-5-15(13-18)14-19-21(28)25(23(31)32-19)12-3-1-2-7-20(27)24-17-10-8-16(9-11-17)22(29)30/h4-6,8-11,13-14,26H,1-3,7,12H2,(H,24,27)(H,29,30)/b19-14-. The molecule has 3 N–H and O–H groups in total. The minimum absolute atomic E-state index is 0.135. The molecule has 1 fully saturated rings. The number of aromatic carboxylic acids is 1. The van der Waals surface area contributed by atoms with E-state index in [1.54, 1.807) is 47.4 Å². The molecule has 1 aliphatic heterocycles. The SMILES string of the molecule is O=C(CCCCCN1C(=O)/C(=C/c2cccc(O)c2)SC1=S)Nc1ccc(C(=O)O)cc1. The van der Waals surface area contributed by atoms with Crippen LogP contribution in [0.3, 0.4) is 0 Å². The quantitative estimate of drug-likeness (QED) is 0.282. The van der Waals surface area contributed by atoms with E-state index in [0.717, 1.165) is 12.0 Å². The zero-order chi connectivity index (χ0) is 23.1. The van der Waals surface area contributed by atoms with Crippen molar-refractivity contribution < 1.29 is 24.6 Å². The van der Waals surface area contributed by atoms with Crippen LogP contribution in [-0.4, -0.2) is 43.8 Å². The zero-order valence-electron chi connectivity index (χ0n) is 17.1. The van der Waals surface area contributed by atoms with Crippen LogP contribution < -0.4 is 5.32 Å². The van der Waals surface area contributed by atoms with Crippen LogP contribution in [0.25, 0.3) is 6.08 Å². The van der Waals surface area contributed by atoms with Gasteiger partial charge in [0.1, 0.15) is 10.1 Å². The van der Waals surface area contributed by atoms with Crippen molar-refractivity contribution in [3.63, 3.8) is 0 Å². The minimum Gasteiger partial charge on any atom is -0.508 e. The highest BCUT2D eigenvalue weighted by Crippen LogP contribution is 2.33. The van der Waals surface area contributed by atoms with Crippen LogP contribution in [0.2, 0.25) is 0 Å². The van der Waals surface area contributed by atoms with Crippen molar-refractivity contribution in [2.24, 2.45) is 0 Å². The Morgan fingerprint density at radius 2 is 1.84 bits per heavy atom. The molecule has 166 valence electrons. The Bertz CT molecular complexity index is 1070. The Balaban J connectivity index is 1.40. The molecule has 0 aliphatic carbocycles. The monoisotopic (exact) mass is 470 g/mol. The van der Waals surface area contributed by atoms with Gasteiger partial charge in [0.15, 0.2) is 0 Å². The number of thioether (sulfide) groups is 1. The molecule has 2 aromatic carbocycles. The molecule has 0 atom stereocenters. The molecule has 2 amide bonds. The lowest BCUT2D eigenvalue weighted by atomic mass is 10.1. The van der Waals surface area contributed by atoms with Crippen molar-refractivity contribution >= 4 is 57.8 Å². The number of nitrogens with one attached hydrogen (secondary N) is 1. The Hall–Kier alpha value is -3.17. The highest BCUT2D eigenvalue weighted by molar-refractivity contribution is 8.26. The molecule has 1 aliphatic rings. The fourth-order valence-electron chi connectivity index (χ4n) is 3.11. The van der Waals surface area contributed by atoms with Crippen molar-refractivity contribution in [1.82, 2.24) is 4.90 Å². The van der Waals surface area contributed by atoms with Gasteiger partial charge in [0.25, 0.3) is 5.91 Å². The number of thiocarbonyl (C=S) groups is 1. The molecule has 9 heteroatoms. The number of anilines is 1. The van der Waals surface area contributed by atoms with Gasteiger partial charge in [-0.1, -0.05) is 42.5 Å². The van der Waals surface area contributed by atoms with Gasteiger partial charge in [-0.15, -0.1) is 0 Å². The Labute approximate surface area is 195 Å². The van der Waals surface area contributed by atoms with Gasteiger partial charge in [-0.25, -0.2) is 4.79 Å². The Morgan fingerprint density at radius 3 is 2.53 bits per heavy atom. The maximum Gasteiger partial charge on any atom is 0.335 e. The average molecular weight is 471 g/mol. The predicted octanol–water partition coefficient (Wildman–Crippen LogP) is 4.49. The van der Waals surface area contributed by atoms with Crippen LogP contribution in [0.15, 0.2) is 53.4 Å². The summed E-state index contributed by atoms with van der Waals surface area (Å²) in [6, 6.07) is 12.7. The normalized spacial score (nSPS) is 14.8. The summed E-state index contributed by atoms with van der Waals surface area (Å²) in [4.78, 5) is 37.6. The number of amides is 2. The first-order valence-corrected chi connectivity index (χ1v) is 11.2. The van der Waals surface area contributed by atoms with Crippen molar-refractivity contribution in [3.05, 3.63) is 64.6 Å². The second-order valence-corrected chi connectivity index (χ2v) is 8.85. The molecule has 0 spiro atoms. The van der Waals surface area contributed by atoms with Gasteiger partial charge >= 0.3 is 5.97 Å². The Morgan fingerprint density at radius 1 is 1.09 bits per heavy atom. The van der Waals surface area contributed by atoms with Crippen molar-refractivity contribution in [2.45, 2.75) is 25.7 Å². The molecule has 1 heterocycles. The second-order valence-electron chi connectivity index (χ2n) is 7.17. The van der Waals surface area contributed by atoms with Crippen LogP contribution in [0.1, 0.15) is 41.6 Å². The van der Waals surface area contributed by atoms with Crippen LogP contribution >= 0.6 is 24.0 Å². The molecule has 0 bridgehead atoms. The number of nitrogens with zero attached hydrogens (tertiary/aromatic N) is 1. The molecule has 1 saturated heterocycles. The number of rotatable bonds is 9. The summed E-state index contributed by atoms with van der Waals surface area (Å²) in [5.74, 6) is -1.17. The van der Waals surface area contributed by atoms with Crippen molar-refractivity contribution in [2.75, 3.05) is 11.9 Å². The van der Waals surface area contributed by atoms with E-state index < -0.39 is 5.97 Å². The van der Waals surface area contributed by atoms with E-state index in [0.29, 0.717) is 40.7 Å². The maximum absolute atomic E-state index is 12.6. The van der Waals surface area contributed by atoms with E-state index in [-0.39, 0.29) is 23.1 Å². The number of unbranched alkanes of at least 4 members (excludes halogenated alkanes) is 2. The Kier molecular flexibility index (Phi) is 8.02. The number of phenolic OH excluding ortho intramolecular Hbond substituents is 1. The molecule has 0 aromatic heterocycles. The molecule has 0 unspecified atom stereocenters. The summed E-state index contributed by atoms with van der Waals surface area (Å²) in [5, 5.41) is 21.2. The zero-order valence-corrected chi connectivity index (χ0v) is 18.7. The summed E-state index contributed by atoms with van der Waals surface area (Å²) >= 11 is 6.57. The number of carbonyl (C=O) groups is 3. The van der Waals surface area contributed by atoms with E-state index in [2.05, 4.69) is 5.32 Å². The van der Waals surface area contributed by atoms with Gasteiger partial charge in [0.05, 0.1) is 10.5 Å². The third-order valence-corrected chi connectivity index (χ3v) is 6.12. The molecular weight excluding hydrogens is 448 g/mol. The number of phenols is 1. The smallest absolute Gasteiger partial charge is 0.335 e. The summed E-state index contributed by atoms with van der Waals surface area (Å²) < 4.78 is 0.504. The highest BCUT2D eigenvalue weighted by atomic mass is 32.2. The number of hydrogen-bond donors (Lipinski definition) is 3. The summed E-state index contributed by atoms with van der Waals surface area (Å²) in [6.45, 7) is 0.486. The molecule has 7 nitrogen and oxygen atoms in total. The van der Waals surface area contributed by atoms with Crippen LogP contribution in [0, 0.1) is 0 Å². The highest BCUT2D eigenvalue weighted by Gasteiger charge is 2.31. The molecule has 3 rings (SSSR count). The first kappa shape index (κ1) is 23.5. The maximum atomic E-state index is 12.6. The second kappa shape index (κ2) is 10.9. The number of carbonyl (C=O) groups excluding carboxylic acids is 2. The minimum atomic E-state index is -1.01. The fourth-order valence-corrected chi connectivity index (χ4v) is 4.42. The molecule has 2 aromatic rings. The average Bonchev–Trinajstić information content (AvgIpc) is 3.01. The van der Waals surface area contributed by atoms with E-state index in [1.807, 2.05) is 0 Å². The van der Waals surface area contributed by atoms with Gasteiger partial charge in [-0.05, 0) is 60.9 Å². The largest absolute Gasteiger partial charge is 0.508 e. The van der Waals surface area contributed by atoms with Gasteiger partial charge < -0.3 is 15.5 Å². The van der Waals surface area contributed by atoms with Gasteiger partial charge in [-0.3, -0.25) is 14.5 Å². The van der Waals surface area contributed by atoms with E-state index >= 15 is 0 Å². The van der Waals surface area contributed by atoms with Gasteiger partial charge in [0, 0.05) is 18.7 Å². The lowest BCUT2D eigenvalue weighted by Crippen LogP contribution is -2.29. The molecule has 32 heavy (non-hydrogen) atoms. The van der Waals surface area contributed by atoms with Gasteiger partial charge in [0.2, 0.25) is 5.91 Å². The number of aromatic hydroxyl groups is 1. The lowest BCUT2D eigenvalue weighted by molar-refractivity contribution is -0.122. The summed E-state index contributed by atoms with van der Waals surface area (Å²) in [7, 11) is 0. The predicted molar refractivity (Wildman–Crippen MR) is 128 cm³/mol. The number of carboxylic acids is 1. The summed E-state index contributed by atoms with van der Waals surface area (Å²) in [5.41, 5.74) is 1.45. The number of hydrogen-bond acceptors (Lipinski definition) is 6. The first-order chi connectivity index (χ1) is 15.3. The van der Waals surface area contributed by atoms with Gasteiger partial charge in [-0.2, -0.15) is 0 Å². The number of carboxylic acid groups (broad SMARTS) is 1. The topological polar surface area (TPSA) is 107 Å². The van der Waals surface area contributed by atoms with E-state index in [4.69, 9.17) is 17.3 Å². The fraction of sp³-hybridized carbons (Fsp3) is 0.217. The van der Waals surface area contributed by atoms with Crippen LogP contribution in [-0.2, 0) is 9.59 Å². The van der Waals surface area contributed by atoms with Crippen LogP contribution in [0.5, 0.6) is 5.75 Å². The third-order valence-electron chi connectivity index (χ3n) is 4.74. The third kappa shape index (κ3) is 6.41. The van der Waals surface area contributed by atoms with E-state index in [9.17, 15) is 19.5 Å². The van der Waals surface area contributed by atoms with Crippen LogP contribution in [0.4, 0.5) is 5.69 Å². The van der Waals surface area contributed by atoms with Crippen molar-refractivity contribution in [1.29, 1.82) is 0 Å². The molecule has 0 saturated carbocycles. The van der Waals surface area contributed by atoms with E-state index in [1.165, 1.54) is 23.9 Å².